The summed E-state index contributed by atoms with van der Waals surface area (Å²) in [4.78, 5) is 0. The first-order valence-corrected chi connectivity index (χ1v) is 8.89. The molecule has 21 heavy (non-hydrogen) atoms. The van der Waals surface area contributed by atoms with Crippen LogP contribution in [-0.2, 0) is 11.3 Å². The Morgan fingerprint density at radius 1 is 0.905 bits per heavy atom. The Bertz CT molecular complexity index is 336. The first-order valence-electron chi connectivity index (χ1n) is 8.89. The molecule has 0 radical (unpaired) electrons. The Labute approximate surface area is 131 Å². The fourth-order valence-electron chi connectivity index (χ4n) is 2.54. The maximum absolute atomic E-state index is 5.66. The van der Waals surface area contributed by atoms with Gasteiger partial charge >= 0.3 is 0 Å². The number of hydrogen-bond donors (Lipinski definition) is 0. The summed E-state index contributed by atoms with van der Waals surface area (Å²) < 4.78 is 7.61. The highest BCUT2D eigenvalue weighted by Crippen LogP contribution is 2.10. The van der Waals surface area contributed by atoms with E-state index >= 15 is 0 Å². The standard InChI is InChI=1S/C18H34N2O/c1-3-4-5-6-7-8-9-10-11-12-14-21-15-13-20-17-18(2)16-19-20/h16-17H,3-15H2,1-2H3. The van der Waals surface area contributed by atoms with Crippen LogP contribution < -0.4 is 0 Å². The van der Waals surface area contributed by atoms with Gasteiger partial charge in [0.1, 0.15) is 0 Å². The van der Waals surface area contributed by atoms with E-state index < -0.39 is 0 Å². The molecule has 1 rings (SSSR count). The van der Waals surface area contributed by atoms with E-state index in [1.807, 2.05) is 10.9 Å². The van der Waals surface area contributed by atoms with Gasteiger partial charge < -0.3 is 4.74 Å². The number of rotatable bonds is 14. The second kappa shape index (κ2) is 12.9. The Hall–Kier alpha value is -0.830. The molecule has 3 heteroatoms. The lowest BCUT2D eigenvalue weighted by Gasteiger charge is -2.05. The lowest BCUT2D eigenvalue weighted by Crippen LogP contribution is -2.07. The lowest BCUT2D eigenvalue weighted by molar-refractivity contribution is 0.120. The van der Waals surface area contributed by atoms with Crippen molar-refractivity contribution in [2.75, 3.05) is 13.2 Å². The van der Waals surface area contributed by atoms with E-state index in [1.54, 1.807) is 0 Å². The van der Waals surface area contributed by atoms with Crippen LogP contribution in [0.25, 0.3) is 0 Å². The molecule has 122 valence electrons. The quantitative estimate of drug-likeness (QED) is 0.445. The van der Waals surface area contributed by atoms with Crippen molar-refractivity contribution < 1.29 is 4.74 Å². The van der Waals surface area contributed by atoms with Crippen LogP contribution in [0.3, 0.4) is 0 Å². The van der Waals surface area contributed by atoms with E-state index in [2.05, 4.69) is 25.1 Å². The summed E-state index contributed by atoms with van der Waals surface area (Å²) in [5, 5.41) is 4.25. The second-order valence-electron chi connectivity index (χ2n) is 6.08. The minimum absolute atomic E-state index is 0.776. The van der Waals surface area contributed by atoms with E-state index in [0.29, 0.717) is 0 Å². The minimum atomic E-state index is 0.776. The van der Waals surface area contributed by atoms with Crippen molar-refractivity contribution in [3.8, 4) is 0 Å². The van der Waals surface area contributed by atoms with Gasteiger partial charge in [0.05, 0.1) is 19.3 Å². The Morgan fingerprint density at radius 3 is 2.10 bits per heavy atom. The highest BCUT2D eigenvalue weighted by atomic mass is 16.5. The normalized spacial score (nSPS) is 11.1. The fraction of sp³-hybridized carbons (Fsp3) is 0.833. The zero-order chi connectivity index (χ0) is 15.2. The van der Waals surface area contributed by atoms with Crippen molar-refractivity contribution in [1.82, 2.24) is 9.78 Å². The third kappa shape index (κ3) is 10.5. The van der Waals surface area contributed by atoms with Gasteiger partial charge in [-0.2, -0.15) is 5.10 Å². The molecule has 0 aliphatic carbocycles. The van der Waals surface area contributed by atoms with Crippen LogP contribution in [-0.4, -0.2) is 23.0 Å². The average molecular weight is 294 g/mol. The van der Waals surface area contributed by atoms with Crippen molar-refractivity contribution in [1.29, 1.82) is 0 Å². The number of ether oxygens (including phenoxy) is 1. The third-order valence-corrected chi connectivity index (χ3v) is 3.87. The first-order chi connectivity index (χ1) is 10.3. The van der Waals surface area contributed by atoms with Crippen molar-refractivity contribution in [2.45, 2.75) is 84.6 Å². The molecule has 0 atom stereocenters. The van der Waals surface area contributed by atoms with Gasteiger partial charge in [-0.1, -0.05) is 64.7 Å². The fourth-order valence-corrected chi connectivity index (χ4v) is 2.54. The van der Waals surface area contributed by atoms with Gasteiger partial charge in [-0.3, -0.25) is 4.68 Å². The van der Waals surface area contributed by atoms with Crippen molar-refractivity contribution in [2.24, 2.45) is 0 Å². The van der Waals surface area contributed by atoms with Crippen LogP contribution in [0.5, 0.6) is 0 Å². The van der Waals surface area contributed by atoms with E-state index in [4.69, 9.17) is 4.74 Å². The minimum Gasteiger partial charge on any atom is -0.380 e. The monoisotopic (exact) mass is 294 g/mol. The molecule has 0 amide bonds. The summed E-state index contributed by atoms with van der Waals surface area (Å²) in [7, 11) is 0. The largest absolute Gasteiger partial charge is 0.380 e. The van der Waals surface area contributed by atoms with E-state index in [-0.39, 0.29) is 0 Å². The molecule has 0 N–H and O–H groups in total. The van der Waals surface area contributed by atoms with E-state index in [1.165, 1.54) is 69.8 Å². The van der Waals surface area contributed by atoms with Crippen molar-refractivity contribution >= 4 is 0 Å². The van der Waals surface area contributed by atoms with Gasteiger partial charge in [-0.15, -0.1) is 0 Å². The topological polar surface area (TPSA) is 27.1 Å². The van der Waals surface area contributed by atoms with Crippen LogP contribution in [0.15, 0.2) is 12.4 Å². The molecule has 0 saturated heterocycles. The summed E-state index contributed by atoms with van der Waals surface area (Å²) in [5.41, 5.74) is 1.21. The maximum Gasteiger partial charge on any atom is 0.0662 e. The molecule has 3 nitrogen and oxygen atoms in total. The second-order valence-corrected chi connectivity index (χ2v) is 6.08. The van der Waals surface area contributed by atoms with Crippen LogP contribution in [0, 0.1) is 6.92 Å². The number of aromatic nitrogens is 2. The smallest absolute Gasteiger partial charge is 0.0662 e. The molecule has 0 spiro atoms. The molecular formula is C18H34N2O. The molecule has 0 aromatic carbocycles. The summed E-state index contributed by atoms with van der Waals surface area (Å²) in [5.74, 6) is 0. The molecular weight excluding hydrogens is 260 g/mol. The lowest BCUT2D eigenvalue weighted by atomic mass is 10.1. The van der Waals surface area contributed by atoms with Crippen molar-refractivity contribution in [3.05, 3.63) is 18.0 Å². The average Bonchev–Trinajstić information content (AvgIpc) is 2.89. The maximum atomic E-state index is 5.66. The highest BCUT2D eigenvalue weighted by Gasteiger charge is 1.95. The summed E-state index contributed by atoms with van der Waals surface area (Å²) >= 11 is 0. The number of nitrogens with zero attached hydrogens (tertiary/aromatic N) is 2. The van der Waals surface area contributed by atoms with Gasteiger partial charge in [-0.05, 0) is 18.9 Å². The van der Waals surface area contributed by atoms with E-state index in [9.17, 15) is 0 Å². The number of hydrogen-bond acceptors (Lipinski definition) is 2. The Balaban J connectivity index is 1.74. The van der Waals surface area contributed by atoms with E-state index in [0.717, 1.165) is 19.8 Å². The molecule has 0 unspecified atom stereocenters. The molecule has 1 heterocycles. The zero-order valence-electron chi connectivity index (χ0n) is 14.1. The molecule has 1 aromatic heterocycles. The van der Waals surface area contributed by atoms with Gasteiger partial charge in [0, 0.05) is 12.8 Å². The molecule has 0 fully saturated rings. The molecule has 0 aliphatic rings. The third-order valence-electron chi connectivity index (χ3n) is 3.87. The molecule has 0 bridgehead atoms. The van der Waals surface area contributed by atoms with Crippen LogP contribution in [0.2, 0.25) is 0 Å². The molecule has 0 saturated carbocycles. The first kappa shape index (κ1) is 18.2. The summed E-state index contributed by atoms with van der Waals surface area (Å²) in [6, 6.07) is 0. The number of unbranched alkanes of at least 4 members (excludes halogenated alkanes) is 9. The van der Waals surface area contributed by atoms with Crippen LogP contribution in [0.1, 0.15) is 76.7 Å². The predicted molar refractivity (Wildman–Crippen MR) is 89.6 cm³/mol. The van der Waals surface area contributed by atoms with Crippen LogP contribution in [0.4, 0.5) is 0 Å². The Kier molecular flexibility index (Phi) is 11.2. The zero-order valence-corrected chi connectivity index (χ0v) is 14.1. The predicted octanol–water partition coefficient (Wildman–Crippen LogP) is 5.13. The number of aryl methyl sites for hydroxylation is 1. The van der Waals surface area contributed by atoms with Gasteiger partial charge in [-0.25, -0.2) is 0 Å². The van der Waals surface area contributed by atoms with Gasteiger partial charge in [0.15, 0.2) is 0 Å². The SMILES string of the molecule is CCCCCCCCCCCCOCCn1cc(C)cn1. The Morgan fingerprint density at radius 2 is 1.52 bits per heavy atom. The summed E-state index contributed by atoms with van der Waals surface area (Å²) in [6.45, 7) is 6.88. The van der Waals surface area contributed by atoms with Gasteiger partial charge in [0.25, 0.3) is 0 Å². The molecule has 0 aliphatic heterocycles. The molecule has 1 aromatic rings. The van der Waals surface area contributed by atoms with Crippen molar-refractivity contribution in [3.63, 3.8) is 0 Å². The highest BCUT2D eigenvalue weighted by molar-refractivity contribution is 4.99. The summed E-state index contributed by atoms with van der Waals surface area (Å²) in [6.07, 6.45) is 17.7. The van der Waals surface area contributed by atoms with Crippen LogP contribution >= 0.6 is 0 Å². The van der Waals surface area contributed by atoms with Gasteiger partial charge in [0.2, 0.25) is 0 Å².